The molecule has 1 saturated carbocycles. The van der Waals surface area contributed by atoms with Gasteiger partial charge < -0.3 is 15.4 Å². The fraction of sp³-hybridized carbons (Fsp3) is 0.500. The Bertz CT molecular complexity index is 399. The number of rotatable bonds is 5. The van der Waals surface area contributed by atoms with Gasteiger partial charge in [-0.2, -0.15) is 0 Å². The Kier molecular flexibility index (Phi) is 4.07. The monoisotopic (exact) mass is 248 g/mol. The average molecular weight is 248 g/mol. The molecule has 4 heteroatoms. The molecule has 1 aliphatic rings. The highest BCUT2D eigenvalue weighted by Crippen LogP contribution is 2.32. The van der Waals surface area contributed by atoms with Crippen LogP contribution in [-0.2, 0) is 0 Å². The molecule has 1 fully saturated rings. The smallest absolute Gasteiger partial charge is 0.319 e. The molecule has 0 spiro atoms. The van der Waals surface area contributed by atoms with Gasteiger partial charge in [-0.1, -0.05) is 0 Å². The van der Waals surface area contributed by atoms with Gasteiger partial charge in [-0.3, -0.25) is 0 Å². The SMILES string of the molecule is CCOc1ccc(NC(=O)NC(C)C2CC2)cc1. The molecular weight excluding hydrogens is 228 g/mol. The lowest BCUT2D eigenvalue weighted by Gasteiger charge is -2.13. The Hall–Kier alpha value is -1.71. The molecule has 0 aromatic heterocycles. The van der Waals surface area contributed by atoms with Crippen LogP contribution in [0.1, 0.15) is 26.7 Å². The Morgan fingerprint density at radius 1 is 1.39 bits per heavy atom. The number of anilines is 1. The van der Waals surface area contributed by atoms with E-state index in [9.17, 15) is 4.79 Å². The Morgan fingerprint density at radius 3 is 2.61 bits per heavy atom. The molecule has 98 valence electrons. The third-order valence-electron chi connectivity index (χ3n) is 3.11. The third-order valence-corrected chi connectivity index (χ3v) is 3.11. The summed E-state index contributed by atoms with van der Waals surface area (Å²) in [4.78, 5) is 11.7. The Labute approximate surface area is 108 Å². The summed E-state index contributed by atoms with van der Waals surface area (Å²) >= 11 is 0. The van der Waals surface area contributed by atoms with Crippen LogP contribution in [0.15, 0.2) is 24.3 Å². The number of urea groups is 1. The number of ether oxygens (including phenoxy) is 1. The largest absolute Gasteiger partial charge is 0.494 e. The zero-order chi connectivity index (χ0) is 13.0. The van der Waals surface area contributed by atoms with Crippen molar-refractivity contribution in [2.45, 2.75) is 32.7 Å². The van der Waals surface area contributed by atoms with Gasteiger partial charge in [0.05, 0.1) is 6.61 Å². The van der Waals surface area contributed by atoms with Gasteiger partial charge in [0.15, 0.2) is 0 Å². The molecule has 0 aliphatic heterocycles. The van der Waals surface area contributed by atoms with E-state index in [1.807, 2.05) is 31.2 Å². The maximum absolute atomic E-state index is 11.7. The minimum atomic E-state index is -0.140. The maximum atomic E-state index is 11.7. The van der Waals surface area contributed by atoms with Gasteiger partial charge >= 0.3 is 6.03 Å². The molecule has 1 aromatic rings. The van der Waals surface area contributed by atoms with Crippen molar-refractivity contribution in [1.82, 2.24) is 5.32 Å². The third kappa shape index (κ3) is 3.65. The van der Waals surface area contributed by atoms with E-state index in [1.54, 1.807) is 0 Å². The first-order chi connectivity index (χ1) is 8.69. The minimum absolute atomic E-state index is 0.140. The van der Waals surface area contributed by atoms with Gasteiger partial charge in [-0.25, -0.2) is 4.79 Å². The topological polar surface area (TPSA) is 50.4 Å². The van der Waals surface area contributed by atoms with Gasteiger partial charge in [-0.15, -0.1) is 0 Å². The molecule has 1 aromatic carbocycles. The molecule has 18 heavy (non-hydrogen) atoms. The summed E-state index contributed by atoms with van der Waals surface area (Å²) in [5.74, 6) is 1.48. The van der Waals surface area contributed by atoms with Crippen LogP contribution in [-0.4, -0.2) is 18.7 Å². The molecule has 2 amide bonds. The number of carbonyl (C=O) groups excluding carboxylic acids is 1. The molecule has 1 unspecified atom stereocenters. The quantitative estimate of drug-likeness (QED) is 0.841. The summed E-state index contributed by atoms with van der Waals surface area (Å²) in [7, 11) is 0. The Morgan fingerprint density at radius 2 is 2.06 bits per heavy atom. The highest BCUT2D eigenvalue weighted by atomic mass is 16.5. The fourth-order valence-electron chi connectivity index (χ4n) is 1.89. The summed E-state index contributed by atoms with van der Waals surface area (Å²) in [5.41, 5.74) is 0.777. The van der Waals surface area contributed by atoms with E-state index >= 15 is 0 Å². The lowest BCUT2D eigenvalue weighted by atomic mass is 10.2. The molecule has 2 N–H and O–H groups in total. The van der Waals surface area contributed by atoms with Gasteiger partial charge in [-0.05, 0) is 56.9 Å². The molecule has 0 radical (unpaired) electrons. The number of hydrogen-bond donors (Lipinski definition) is 2. The van der Waals surface area contributed by atoms with Crippen molar-refractivity contribution < 1.29 is 9.53 Å². The average Bonchev–Trinajstić information content (AvgIpc) is 3.16. The first-order valence-electron chi connectivity index (χ1n) is 6.49. The van der Waals surface area contributed by atoms with Crippen molar-refractivity contribution in [3.63, 3.8) is 0 Å². The normalized spacial score (nSPS) is 15.9. The van der Waals surface area contributed by atoms with Crippen molar-refractivity contribution in [3.05, 3.63) is 24.3 Å². The zero-order valence-electron chi connectivity index (χ0n) is 10.9. The fourth-order valence-corrected chi connectivity index (χ4v) is 1.89. The standard InChI is InChI=1S/C14H20N2O2/c1-3-18-13-8-6-12(7-9-13)16-14(17)15-10(2)11-4-5-11/h6-11H,3-5H2,1-2H3,(H2,15,16,17). The number of amides is 2. The molecule has 2 rings (SSSR count). The van der Waals surface area contributed by atoms with E-state index in [4.69, 9.17) is 4.74 Å². The number of benzene rings is 1. The minimum Gasteiger partial charge on any atom is -0.494 e. The first kappa shape index (κ1) is 12.7. The molecular formula is C14H20N2O2. The molecule has 1 atom stereocenters. The van der Waals surface area contributed by atoms with Crippen molar-refractivity contribution >= 4 is 11.7 Å². The summed E-state index contributed by atoms with van der Waals surface area (Å²) in [6, 6.07) is 7.50. The van der Waals surface area contributed by atoms with Gasteiger partial charge in [0.25, 0.3) is 0 Å². The van der Waals surface area contributed by atoms with E-state index in [-0.39, 0.29) is 12.1 Å². The second-order valence-corrected chi connectivity index (χ2v) is 4.68. The summed E-state index contributed by atoms with van der Waals surface area (Å²) < 4.78 is 5.34. The van der Waals surface area contributed by atoms with Crippen molar-refractivity contribution in [3.8, 4) is 5.75 Å². The lowest BCUT2D eigenvalue weighted by Crippen LogP contribution is -2.37. The molecule has 0 bridgehead atoms. The number of carbonyl (C=O) groups is 1. The second kappa shape index (κ2) is 5.76. The number of nitrogens with one attached hydrogen (secondary N) is 2. The highest BCUT2D eigenvalue weighted by molar-refractivity contribution is 5.89. The molecule has 4 nitrogen and oxygen atoms in total. The highest BCUT2D eigenvalue weighted by Gasteiger charge is 2.28. The van der Waals surface area contributed by atoms with Crippen LogP contribution < -0.4 is 15.4 Å². The second-order valence-electron chi connectivity index (χ2n) is 4.68. The van der Waals surface area contributed by atoms with E-state index in [2.05, 4.69) is 17.6 Å². The van der Waals surface area contributed by atoms with Crippen LogP contribution in [0.5, 0.6) is 5.75 Å². The van der Waals surface area contributed by atoms with Gasteiger partial charge in [0.1, 0.15) is 5.75 Å². The first-order valence-corrected chi connectivity index (χ1v) is 6.49. The van der Waals surface area contributed by atoms with Crippen LogP contribution in [0, 0.1) is 5.92 Å². The maximum Gasteiger partial charge on any atom is 0.319 e. The van der Waals surface area contributed by atoms with E-state index < -0.39 is 0 Å². The van der Waals surface area contributed by atoms with E-state index in [0.717, 1.165) is 11.4 Å². The molecule has 1 aliphatic carbocycles. The van der Waals surface area contributed by atoms with Crippen LogP contribution in [0.2, 0.25) is 0 Å². The number of hydrogen-bond acceptors (Lipinski definition) is 2. The predicted octanol–water partition coefficient (Wildman–Crippen LogP) is 3.01. The summed E-state index contributed by atoms with van der Waals surface area (Å²) in [6.45, 7) is 4.64. The molecule has 0 saturated heterocycles. The van der Waals surface area contributed by atoms with E-state index in [1.165, 1.54) is 12.8 Å². The van der Waals surface area contributed by atoms with Crippen molar-refractivity contribution in [2.24, 2.45) is 5.92 Å². The predicted molar refractivity (Wildman–Crippen MR) is 72.0 cm³/mol. The van der Waals surface area contributed by atoms with Crippen molar-refractivity contribution in [1.29, 1.82) is 0 Å². The Balaban J connectivity index is 1.82. The summed E-state index contributed by atoms with van der Waals surface area (Å²) in [5, 5.41) is 5.77. The lowest BCUT2D eigenvalue weighted by molar-refractivity contribution is 0.248. The van der Waals surface area contributed by atoms with Crippen LogP contribution in [0.25, 0.3) is 0 Å². The summed E-state index contributed by atoms with van der Waals surface area (Å²) in [6.07, 6.45) is 2.45. The van der Waals surface area contributed by atoms with Crippen LogP contribution in [0.4, 0.5) is 10.5 Å². The molecule has 0 heterocycles. The van der Waals surface area contributed by atoms with Crippen molar-refractivity contribution in [2.75, 3.05) is 11.9 Å². The van der Waals surface area contributed by atoms with Crippen LogP contribution in [0.3, 0.4) is 0 Å². The zero-order valence-corrected chi connectivity index (χ0v) is 10.9. The van der Waals surface area contributed by atoms with Gasteiger partial charge in [0.2, 0.25) is 0 Å². The van der Waals surface area contributed by atoms with Crippen LogP contribution >= 0.6 is 0 Å². The van der Waals surface area contributed by atoms with E-state index in [0.29, 0.717) is 12.5 Å². The van der Waals surface area contributed by atoms with Gasteiger partial charge in [0, 0.05) is 11.7 Å².